The van der Waals surface area contributed by atoms with Crippen LogP contribution in [-0.4, -0.2) is 33.4 Å². The summed E-state index contributed by atoms with van der Waals surface area (Å²) in [5.74, 6) is 1.77. The monoisotopic (exact) mass is 464 g/mol. The lowest BCUT2D eigenvalue weighted by molar-refractivity contribution is -0.120. The first-order chi connectivity index (χ1) is 16.0. The van der Waals surface area contributed by atoms with Crippen molar-refractivity contribution in [3.8, 4) is 22.9 Å². The Balaban J connectivity index is 2.03. The van der Waals surface area contributed by atoms with E-state index in [1.807, 2.05) is 65.0 Å². The lowest BCUT2D eigenvalue weighted by Gasteiger charge is -2.32. The highest BCUT2D eigenvalue weighted by Crippen LogP contribution is 2.47. The van der Waals surface area contributed by atoms with Crippen LogP contribution in [-0.2, 0) is 4.79 Å². The van der Waals surface area contributed by atoms with E-state index in [4.69, 9.17) is 9.47 Å². The van der Waals surface area contributed by atoms with E-state index in [2.05, 4.69) is 21.2 Å². The number of benzene rings is 2. The van der Waals surface area contributed by atoms with Crippen LogP contribution in [0.1, 0.15) is 50.1 Å². The Labute approximate surface area is 198 Å². The second-order valence-corrected chi connectivity index (χ2v) is 8.95. The molecule has 8 heteroatoms. The maximum atomic E-state index is 13.4. The summed E-state index contributed by atoms with van der Waals surface area (Å²) < 4.78 is 12.4. The number of para-hydroxylation sites is 1. The maximum Gasteiger partial charge on any atom is 0.247 e. The molecule has 1 aliphatic heterocycles. The largest absolute Gasteiger partial charge is 0.493 e. The first kappa shape index (κ1) is 23.0. The number of nitrogens with zero attached hydrogens (tertiary/aromatic N) is 4. The van der Waals surface area contributed by atoms with E-state index in [-0.39, 0.29) is 5.91 Å². The second-order valence-electron chi connectivity index (χ2n) is 7.72. The Hall–Kier alpha value is -3.13. The van der Waals surface area contributed by atoms with Crippen LogP contribution in [0, 0.1) is 13.8 Å². The maximum absolute atomic E-state index is 13.4. The Bertz CT molecular complexity index is 1180. The molecule has 4 rings (SSSR count). The van der Waals surface area contributed by atoms with Gasteiger partial charge in [-0.3, -0.25) is 9.69 Å². The van der Waals surface area contributed by atoms with Gasteiger partial charge < -0.3 is 9.47 Å². The number of carbonyl (C=O) groups is 1. The zero-order valence-corrected chi connectivity index (χ0v) is 20.4. The SMILES string of the molecule is CCOc1ccccc1C1Oc2nc(SCC)nnc2-c2cc(C)cc(C)c2N1C(=O)CC. The number of thioether (sulfide) groups is 1. The highest BCUT2D eigenvalue weighted by atomic mass is 32.2. The summed E-state index contributed by atoms with van der Waals surface area (Å²) in [6.45, 7) is 10.3. The molecule has 0 saturated heterocycles. The van der Waals surface area contributed by atoms with E-state index in [0.717, 1.165) is 33.7 Å². The molecule has 1 aromatic heterocycles. The van der Waals surface area contributed by atoms with Crippen LogP contribution in [0.3, 0.4) is 0 Å². The molecule has 3 aromatic rings. The van der Waals surface area contributed by atoms with Gasteiger partial charge >= 0.3 is 0 Å². The summed E-state index contributed by atoms with van der Waals surface area (Å²) in [4.78, 5) is 19.8. The molecule has 1 atom stereocenters. The van der Waals surface area contributed by atoms with E-state index in [1.54, 1.807) is 4.90 Å². The lowest BCUT2D eigenvalue weighted by atomic mass is 9.99. The van der Waals surface area contributed by atoms with Crippen LogP contribution in [0.2, 0.25) is 0 Å². The van der Waals surface area contributed by atoms with Gasteiger partial charge in [-0.25, -0.2) is 0 Å². The van der Waals surface area contributed by atoms with Gasteiger partial charge in [0.05, 0.1) is 17.9 Å². The third-order valence-corrected chi connectivity index (χ3v) is 6.08. The predicted octanol–water partition coefficient (Wildman–Crippen LogP) is 5.50. The highest BCUT2D eigenvalue weighted by Gasteiger charge is 2.37. The van der Waals surface area contributed by atoms with Gasteiger partial charge in [0.15, 0.2) is 5.69 Å². The average molecular weight is 465 g/mol. The number of hydrogen-bond donors (Lipinski definition) is 0. The number of aryl methyl sites for hydroxylation is 2. The molecule has 33 heavy (non-hydrogen) atoms. The number of anilines is 1. The summed E-state index contributed by atoms with van der Waals surface area (Å²) in [5.41, 5.74) is 4.84. The molecule has 0 radical (unpaired) electrons. The van der Waals surface area contributed by atoms with Gasteiger partial charge in [-0.2, -0.15) is 4.98 Å². The summed E-state index contributed by atoms with van der Waals surface area (Å²) >= 11 is 1.49. The van der Waals surface area contributed by atoms with E-state index < -0.39 is 6.23 Å². The average Bonchev–Trinajstić information content (AvgIpc) is 2.94. The number of rotatable bonds is 6. The van der Waals surface area contributed by atoms with Crippen molar-refractivity contribution in [3.63, 3.8) is 0 Å². The summed E-state index contributed by atoms with van der Waals surface area (Å²) in [5, 5.41) is 9.35. The van der Waals surface area contributed by atoms with Crippen LogP contribution >= 0.6 is 11.8 Å². The van der Waals surface area contributed by atoms with Crippen molar-refractivity contribution in [1.82, 2.24) is 15.2 Å². The molecule has 0 saturated carbocycles. The molecule has 172 valence electrons. The third-order valence-electron chi connectivity index (χ3n) is 5.36. The van der Waals surface area contributed by atoms with Crippen molar-refractivity contribution in [1.29, 1.82) is 0 Å². The molecule has 1 amide bonds. The normalized spacial score (nSPS) is 14.7. The smallest absolute Gasteiger partial charge is 0.247 e. The molecule has 0 fully saturated rings. The fourth-order valence-electron chi connectivity index (χ4n) is 4.08. The molecule has 1 unspecified atom stereocenters. The van der Waals surface area contributed by atoms with Crippen LogP contribution < -0.4 is 14.4 Å². The lowest BCUT2D eigenvalue weighted by Crippen LogP contribution is -2.38. The quantitative estimate of drug-likeness (QED) is 0.446. The van der Waals surface area contributed by atoms with E-state index >= 15 is 0 Å². The van der Waals surface area contributed by atoms with Gasteiger partial charge in [0.2, 0.25) is 23.2 Å². The van der Waals surface area contributed by atoms with Gasteiger partial charge in [0.25, 0.3) is 0 Å². The van der Waals surface area contributed by atoms with Gasteiger partial charge in [-0.15, -0.1) is 10.2 Å². The van der Waals surface area contributed by atoms with Crippen LogP contribution in [0.25, 0.3) is 11.3 Å². The van der Waals surface area contributed by atoms with Gasteiger partial charge in [-0.05, 0) is 50.3 Å². The van der Waals surface area contributed by atoms with Crippen LogP contribution in [0.4, 0.5) is 5.69 Å². The molecule has 7 nitrogen and oxygen atoms in total. The summed E-state index contributed by atoms with van der Waals surface area (Å²) in [6.07, 6.45) is -0.451. The Morgan fingerprint density at radius 3 is 2.67 bits per heavy atom. The minimum atomic E-state index is -0.766. The van der Waals surface area contributed by atoms with E-state index in [0.29, 0.717) is 35.5 Å². The number of amides is 1. The van der Waals surface area contributed by atoms with Gasteiger partial charge in [-0.1, -0.05) is 49.4 Å². The van der Waals surface area contributed by atoms with Crippen molar-refractivity contribution >= 4 is 23.4 Å². The van der Waals surface area contributed by atoms with Crippen LogP contribution in [0.15, 0.2) is 41.6 Å². The third kappa shape index (κ3) is 4.39. The van der Waals surface area contributed by atoms with E-state index in [9.17, 15) is 4.79 Å². The Kier molecular flexibility index (Phi) is 6.83. The molecule has 1 aliphatic rings. The zero-order chi connectivity index (χ0) is 23.5. The molecule has 2 heterocycles. The first-order valence-corrected chi connectivity index (χ1v) is 12.2. The number of fused-ring (bicyclic) bond motifs is 3. The molecular formula is C25H28N4O3S. The number of ether oxygens (including phenoxy) is 2. The van der Waals surface area contributed by atoms with Crippen molar-refractivity contribution < 1.29 is 14.3 Å². The molecular weight excluding hydrogens is 436 g/mol. The first-order valence-electron chi connectivity index (χ1n) is 11.2. The highest BCUT2D eigenvalue weighted by molar-refractivity contribution is 7.99. The molecule has 0 bridgehead atoms. The number of hydrogen-bond acceptors (Lipinski definition) is 7. The fraction of sp³-hybridized carbons (Fsp3) is 0.360. The molecule has 0 N–H and O–H groups in total. The minimum Gasteiger partial charge on any atom is -0.493 e. The van der Waals surface area contributed by atoms with Crippen LogP contribution in [0.5, 0.6) is 11.6 Å². The fourth-order valence-corrected chi connectivity index (χ4v) is 4.58. The topological polar surface area (TPSA) is 77.4 Å². The van der Waals surface area contributed by atoms with E-state index in [1.165, 1.54) is 11.8 Å². The predicted molar refractivity (Wildman–Crippen MR) is 130 cm³/mol. The standard InChI is InChI=1S/C25H28N4O3S/c1-6-20(30)29-22-16(5)13-15(4)14-18(22)21-23(26-25(28-27-21)33-8-3)32-24(29)17-11-9-10-12-19(17)31-7-2/h9-14,24H,6-8H2,1-5H3. The number of carbonyl (C=O) groups excluding carboxylic acids is 1. The molecule has 0 aliphatic carbocycles. The Morgan fingerprint density at radius 2 is 1.94 bits per heavy atom. The second kappa shape index (κ2) is 9.79. The zero-order valence-electron chi connectivity index (χ0n) is 19.6. The van der Waals surface area contributed by atoms with Gasteiger partial charge in [0, 0.05) is 12.0 Å². The van der Waals surface area contributed by atoms with Crippen molar-refractivity contribution in [2.45, 2.75) is 52.4 Å². The Morgan fingerprint density at radius 1 is 1.15 bits per heavy atom. The van der Waals surface area contributed by atoms with Crippen molar-refractivity contribution in [2.24, 2.45) is 0 Å². The molecule has 0 spiro atoms. The van der Waals surface area contributed by atoms with Crippen molar-refractivity contribution in [3.05, 3.63) is 53.1 Å². The number of aromatic nitrogens is 3. The minimum absolute atomic E-state index is 0.0663. The molecule has 2 aromatic carbocycles. The summed E-state index contributed by atoms with van der Waals surface area (Å²) in [7, 11) is 0. The van der Waals surface area contributed by atoms with Gasteiger partial charge in [0.1, 0.15) is 5.75 Å². The van der Waals surface area contributed by atoms with Crippen molar-refractivity contribution in [2.75, 3.05) is 17.3 Å². The summed E-state index contributed by atoms with van der Waals surface area (Å²) in [6, 6.07) is 11.7.